The maximum absolute atomic E-state index is 12.0. The molecule has 6 heteroatoms. The zero-order valence-corrected chi connectivity index (χ0v) is 14.0. The molecule has 0 saturated heterocycles. The van der Waals surface area contributed by atoms with Crippen molar-refractivity contribution in [3.63, 3.8) is 0 Å². The Morgan fingerprint density at radius 2 is 1.81 bits per heavy atom. The first kappa shape index (κ1) is 19.4. The van der Waals surface area contributed by atoms with Gasteiger partial charge in [0.25, 0.3) is 5.91 Å². The minimum absolute atomic E-state index is 0. The van der Waals surface area contributed by atoms with Crippen molar-refractivity contribution >= 4 is 29.9 Å². The van der Waals surface area contributed by atoms with Crippen molar-refractivity contribution in [1.82, 2.24) is 4.90 Å². The van der Waals surface area contributed by atoms with Crippen LogP contribution < -0.4 is 11.1 Å². The number of rotatable bonds is 3. The lowest BCUT2D eigenvalue weighted by atomic mass is 9.87. The molecule has 0 aliphatic heterocycles. The van der Waals surface area contributed by atoms with Crippen LogP contribution in [0.15, 0.2) is 24.3 Å². The van der Waals surface area contributed by atoms with E-state index < -0.39 is 6.04 Å². The summed E-state index contributed by atoms with van der Waals surface area (Å²) in [6.07, 6.45) is 0. The van der Waals surface area contributed by atoms with Gasteiger partial charge in [-0.05, 0) is 23.6 Å². The van der Waals surface area contributed by atoms with Crippen LogP contribution in [0.25, 0.3) is 0 Å². The molecule has 2 amide bonds. The molecule has 3 N–H and O–H groups in total. The summed E-state index contributed by atoms with van der Waals surface area (Å²) in [4.78, 5) is 25.4. The lowest BCUT2D eigenvalue weighted by Crippen LogP contribution is -2.45. The SMILES string of the molecule is CN(C)C(=O)c1cccc(NC(=O)[C@@H](N)C(C)(C)C)c1.Cl. The van der Waals surface area contributed by atoms with E-state index in [9.17, 15) is 9.59 Å². The number of carbonyl (C=O) groups is 2. The van der Waals surface area contributed by atoms with Crippen molar-refractivity contribution in [1.29, 1.82) is 0 Å². The maximum Gasteiger partial charge on any atom is 0.253 e. The molecule has 0 heterocycles. The molecule has 0 saturated carbocycles. The fourth-order valence-corrected chi connectivity index (χ4v) is 1.60. The van der Waals surface area contributed by atoms with Crippen molar-refractivity contribution in [3.8, 4) is 0 Å². The molecule has 1 atom stereocenters. The number of anilines is 1. The number of amides is 2. The van der Waals surface area contributed by atoms with E-state index in [1.165, 1.54) is 4.90 Å². The molecule has 0 aliphatic carbocycles. The molecular weight excluding hydrogens is 290 g/mol. The summed E-state index contributed by atoms with van der Waals surface area (Å²) in [7, 11) is 3.37. The predicted molar refractivity (Wildman–Crippen MR) is 87.8 cm³/mol. The molecular formula is C15H24ClN3O2. The quantitative estimate of drug-likeness (QED) is 0.897. The van der Waals surface area contributed by atoms with E-state index in [4.69, 9.17) is 5.73 Å². The molecule has 0 fully saturated rings. The van der Waals surface area contributed by atoms with E-state index >= 15 is 0 Å². The fourth-order valence-electron chi connectivity index (χ4n) is 1.60. The smallest absolute Gasteiger partial charge is 0.253 e. The second-order valence-corrected chi connectivity index (χ2v) is 6.11. The van der Waals surface area contributed by atoms with Gasteiger partial charge in [-0.15, -0.1) is 12.4 Å². The Morgan fingerprint density at radius 1 is 1.24 bits per heavy atom. The number of nitrogens with zero attached hydrogens (tertiary/aromatic N) is 1. The molecule has 1 rings (SSSR count). The van der Waals surface area contributed by atoms with E-state index in [-0.39, 0.29) is 29.6 Å². The Labute approximate surface area is 132 Å². The summed E-state index contributed by atoms with van der Waals surface area (Å²) in [6, 6.07) is 6.21. The van der Waals surface area contributed by atoms with Crippen LogP contribution in [0.5, 0.6) is 0 Å². The van der Waals surface area contributed by atoms with Crippen molar-refractivity contribution in [2.75, 3.05) is 19.4 Å². The summed E-state index contributed by atoms with van der Waals surface area (Å²) in [6.45, 7) is 5.72. The lowest BCUT2D eigenvalue weighted by molar-refractivity contribution is -0.119. The van der Waals surface area contributed by atoms with Crippen LogP contribution in [0.2, 0.25) is 0 Å². The molecule has 1 aromatic carbocycles. The van der Waals surface area contributed by atoms with Gasteiger partial charge in [0.1, 0.15) is 0 Å². The molecule has 1 aromatic rings. The van der Waals surface area contributed by atoms with Crippen LogP contribution in [0, 0.1) is 5.41 Å². The lowest BCUT2D eigenvalue weighted by Gasteiger charge is -2.25. The van der Waals surface area contributed by atoms with E-state index in [0.29, 0.717) is 11.3 Å². The van der Waals surface area contributed by atoms with Gasteiger partial charge in [0.05, 0.1) is 6.04 Å². The van der Waals surface area contributed by atoms with Crippen molar-refractivity contribution in [2.45, 2.75) is 26.8 Å². The van der Waals surface area contributed by atoms with E-state index in [1.807, 2.05) is 20.8 Å². The summed E-state index contributed by atoms with van der Waals surface area (Å²) in [5.74, 6) is -0.367. The Balaban J connectivity index is 0.00000400. The summed E-state index contributed by atoms with van der Waals surface area (Å²) in [5, 5.41) is 2.75. The largest absolute Gasteiger partial charge is 0.345 e. The van der Waals surface area contributed by atoms with Crippen molar-refractivity contribution in [3.05, 3.63) is 29.8 Å². The zero-order valence-electron chi connectivity index (χ0n) is 13.1. The third-order valence-corrected chi connectivity index (χ3v) is 3.00. The van der Waals surface area contributed by atoms with Crippen LogP contribution in [0.3, 0.4) is 0 Å². The van der Waals surface area contributed by atoms with Crippen LogP contribution in [0.4, 0.5) is 5.69 Å². The monoisotopic (exact) mass is 313 g/mol. The summed E-state index contributed by atoms with van der Waals surface area (Å²) < 4.78 is 0. The van der Waals surface area contributed by atoms with Crippen LogP contribution in [-0.4, -0.2) is 36.9 Å². The normalized spacial score (nSPS) is 12.1. The standard InChI is InChI=1S/C15H23N3O2.ClH/c1-15(2,3)12(16)13(19)17-11-8-6-7-10(9-11)14(20)18(4)5;/h6-9,12H,16H2,1-5H3,(H,17,19);1H/t12-;/m1./s1. The molecule has 0 spiro atoms. The number of hydrogen-bond acceptors (Lipinski definition) is 3. The second kappa shape index (κ2) is 7.43. The molecule has 0 aromatic heterocycles. The highest BCUT2D eigenvalue weighted by Gasteiger charge is 2.27. The van der Waals surface area contributed by atoms with Crippen LogP contribution in [0.1, 0.15) is 31.1 Å². The number of benzene rings is 1. The Bertz CT molecular complexity index is 510. The van der Waals surface area contributed by atoms with Gasteiger partial charge in [-0.1, -0.05) is 26.8 Å². The topological polar surface area (TPSA) is 75.4 Å². The average Bonchev–Trinajstić information content (AvgIpc) is 2.35. The number of nitrogens with two attached hydrogens (primary N) is 1. The van der Waals surface area contributed by atoms with Crippen molar-refractivity contribution < 1.29 is 9.59 Å². The molecule has 5 nitrogen and oxygen atoms in total. The summed E-state index contributed by atoms with van der Waals surface area (Å²) >= 11 is 0. The van der Waals surface area contributed by atoms with Gasteiger partial charge in [0.2, 0.25) is 5.91 Å². The molecule has 0 radical (unpaired) electrons. The van der Waals surface area contributed by atoms with Gasteiger partial charge in [0.15, 0.2) is 0 Å². The molecule has 0 bridgehead atoms. The van der Waals surface area contributed by atoms with Gasteiger partial charge in [-0.3, -0.25) is 9.59 Å². The third-order valence-electron chi connectivity index (χ3n) is 3.00. The Kier molecular flexibility index (Phi) is 6.86. The highest BCUT2D eigenvalue weighted by molar-refractivity contribution is 5.98. The maximum atomic E-state index is 12.0. The van der Waals surface area contributed by atoms with E-state index in [0.717, 1.165) is 0 Å². The van der Waals surface area contributed by atoms with Crippen LogP contribution >= 0.6 is 12.4 Å². The first-order valence-corrected chi connectivity index (χ1v) is 6.51. The van der Waals surface area contributed by atoms with Crippen molar-refractivity contribution in [2.24, 2.45) is 11.1 Å². The third kappa shape index (κ3) is 5.36. The number of nitrogens with one attached hydrogen (secondary N) is 1. The molecule has 0 unspecified atom stereocenters. The van der Waals surface area contributed by atoms with Crippen LogP contribution in [-0.2, 0) is 4.79 Å². The molecule has 0 aliphatic rings. The minimum Gasteiger partial charge on any atom is -0.345 e. The first-order chi connectivity index (χ1) is 9.12. The van der Waals surface area contributed by atoms with E-state index in [1.54, 1.807) is 38.4 Å². The van der Waals surface area contributed by atoms with Gasteiger partial charge < -0.3 is 16.0 Å². The second-order valence-electron chi connectivity index (χ2n) is 6.11. The number of halogens is 1. The highest BCUT2D eigenvalue weighted by Crippen LogP contribution is 2.19. The predicted octanol–water partition coefficient (Wildman–Crippen LogP) is 2.12. The highest BCUT2D eigenvalue weighted by atomic mass is 35.5. The Morgan fingerprint density at radius 3 is 2.29 bits per heavy atom. The Hall–Kier alpha value is -1.59. The van der Waals surface area contributed by atoms with E-state index in [2.05, 4.69) is 5.32 Å². The number of carbonyl (C=O) groups excluding carboxylic acids is 2. The first-order valence-electron chi connectivity index (χ1n) is 6.51. The fraction of sp³-hybridized carbons (Fsp3) is 0.467. The molecule has 118 valence electrons. The van der Waals surface area contributed by atoms with Gasteiger partial charge in [-0.2, -0.15) is 0 Å². The minimum atomic E-state index is -0.615. The molecule has 21 heavy (non-hydrogen) atoms. The van der Waals surface area contributed by atoms with Gasteiger partial charge in [-0.25, -0.2) is 0 Å². The number of hydrogen-bond donors (Lipinski definition) is 2. The summed E-state index contributed by atoms with van der Waals surface area (Å²) in [5.41, 5.74) is 6.68. The zero-order chi connectivity index (χ0) is 15.5. The van der Waals surface area contributed by atoms with Gasteiger partial charge in [0, 0.05) is 25.3 Å². The van der Waals surface area contributed by atoms with Gasteiger partial charge >= 0.3 is 0 Å². The average molecular weight is 314 g/mol.